The van der Waals surface area contributed by atoms with Crippen LogP contribution in [0.4, 0.5) is 0 Å². The van der Waals surface area contributed by atoms with Gasteiger partial charge in [-0.3, -0.25) is 0 Å². The molecule has 0 fully saturated rings. The second kappa shape index (κ2) is 58.7. The van der Waals surface area contributed by atoms with Gasteiger partial charge in [-0.15, -0.1) is 0 Å². The molecule has 0 amide bonds. The van der Waals surface area contributed by atoms with Crippen LogP contribution in [0.2, 0.25) is 4.94 Å². The van der Waals surface area contributed by atoms with Gasteiger partial charge in [-0.05, 0) is 38.5 Å². The monoisotopic (exact) mass is 1160 g/mol. The van der Waals surface area contributed by atoms with E-state index in [0.717, 1.165) is 55.8 Å². The van der Waals surface area contributed by atoms with Gasteiger partial charge in [-0.1, -0.05) is 154 Å². The molecule has 0 spiro atoms. The van der Waals surface area contributed by atoms with Crippen LogP contribution in [0.15, 0.2) is 36.5 Å². The number of carbonyl (C=O) groups is 3. The summed E-state index contributed by atoms with van der Waals surface area (Å²) in [5.41, 5.74) is 0. The van der Waals surface area contributed by atoms with E-state index in [1.807, 2.05) is 26.8 Å². The Morgan fingerprint density at radius 2 is 0.507 bits per heavy atom. The van der Waals surface area contributed by atoms with Gasteiger partial charge in [0.2, 0.25) is 0 Å². The molecule has 0 aromatic heterocycles. The minimum absolute atomic E-state index is 0.0864. The summed E-state index contributed by atoms with van der Waals surface area (Å²) in [6.45, 7) is 8.10. The summed E-state index contributed by atoms with van der Waals surface area (Å²) < 4.78 is 17.0. The second-order valence-electron chi connectivity index (χ2n) is 20.1. The van der Waals surface area contributed by atoms with Crippen LogP contribution in [0.5, 0.6) is 0 Å². The van der Waals surface area contributed by atoms with Crippen molar-refractivity contribution in [2.24, 2.45) is 0 Å². The van der Waals surface area contributed by atoms with Crippen LogP contribution in [0.25, 0.3) is 0 Å². The number of allylic oxidation sites excluding steroid dienone is 6. The third kappa shape index (κ3) is 57.0. The summed E-state index contributed by atoms with van der Waals surface area (Å²) >= 11 is -2.88. The number of ether oxygens (including phenoxy) is 3. The first-order valence-corrected chi connectivity index (χ1v) is 46.5. The molecule has 6 nitrogen and oxygen atoms in total. The number of unbranched alkanes of at least 4 members (excludes halogenated alkanes) is 33. The molecule has 0 aromatic carbocycles. The Morgan fingerprint density at radius 1 is 0.310 bits per heavy atom. The number of hydrogen-bond acceptors (Lipinski definition) is 9. The molecule has 0 aliphatic rings. The average molecular weight is 1160 g/mol. The molecule has 0 unspecified atom stereocenters. The maximum absolute atomic E-state index is 12.6. The third-order valence-corrected chi connectivity index (χ3v) is 48.7. The van der Waals surface area contributed by atoms with E-state index in [1.165, 1.54) is 212 Å². The van der Waals surface area contributed by atoms with Crippen molar-refractivity contribution in [2.45, 2.75) is 295 Å². The predicted octanol–water partition coefficient (Wildman–Crippen LogP) is 20.5. The Kier molecular flexibility index (Phi) is 58.3. The van der Waals surface area contributed by atoms with E-state index in [4.69, 9.17) is 14.2 Å². The van der Waals surface area contributed by atoms with Crippen molar-refractivity contribution in [1.82, 2.24) is 0 Å². The minimum atomic E-state index is -2.88. The molecule has 0 aliphatic heterocycles. The van der Waals surface area contributed by atoms with Gasteiger partial charge in [0.05, 0.1) is 0 Å². The maximum atomic E-state index is 12.6. The number of rotatable bonds is 57. The standard InChI is InChI=1S/3C20H38O2S.CH3.Sn/c3*1-2-3-4-5-6-7-8-9-10-11-12-13-14-15-16-17-20(21)22-18-19-23;;/h3*9-10,23H,2-8,11-19H2,1H3;1H3;/q;;;;+3/p-3. The Bertz CT molecular complexity index is 1100. The molecule has 416 valence electrons. The molecular weight excluding hydrogens is 1040 g/mol. The van der Waals surface area contributed by atoms with Gasteiger partial charge in [-0.2, -0.15) is 0 Å². The normalized spacial score (nSPS) is 12.7. The van der Waals surface area contributed by atoms with Crippen LogP contribution in [0, 0.1) is 0 Å². The summed E-state index contributed by atoms with van der Waals surface area (Å²) in [5, 5.41) is 0. The summed E-state index contributed by atoms with van der Waals surface area (Å²) in [4.78, 5) is 40.1. The molecule has 0 atom stereocenters. The van der Waals surface area contributed by atoms with Crippen molar-refractivity contribution < 1.29 is 28.6 Å². The molecule has 0 aromatic rings. The van der Waals surface area contributed by atoms with Crippen LogP contribution >= 0.6 is 26.8 Å². The average Bonchev–Trinajstić information content (AvgIpc) is 3.36. The molecule has 0 saturated carbocycles. The zero-order chi connectivity index (χ0) is 51.7. The van der Waals surface area contributed by atoms with Crippen molar-refractivity contribution in [3.63, 3.8) is 0 Å². The van der Waals surface area contributed by atoms with Gasteiger partial charge < -0.3 is 0 Å². The number of hydrogen-bond donors (Lipinski definition) is 0. The molecule has 0 N–H and O–H groups in total. The van der Waals surface area contributed by atoms with E-state index in [2.05, 4.69) is 62.2 Å². The predicted molar refractivity (Wildman–Crippen MR) is 320 cm³/mol. The van der Waals surface area contributed by atoms with Crippen molar-refractivity contribution in [3.05, 3.63) is 36.5 Å². The van der Waals surface area contributed by atoms with Crippen LogP contribution in [-0.4, -0.2) is 69.2 Å². The first-order valence-electron chi connectivity index (χ1n) is 30.2. The fraction of sp³-hybridized carbons (Fsp3) is 0.852. The molecule has 71 heavy (non-hydrogen) atoms. The van der Waals surface area contributed by atoms with E-state index < -0.39 is 14.2 Å². The van der Waals surface area contributed by atoms with E-state index in [9.17, 15) is 14.4 Å². The Labute approximate surface area is 453 Å². The summed E-state index contributed by atoms with van der Waals surface area (Å²) in [5.74, 6) is 2.06. The molecule has 0 aliphatic carbocycles. The van der Waals surface area contributed by atoms with Crippen LogP contribution < -0.4 is 0 Å². The van der Waals surface area contributed by atoms with E-state index in [1.54, 1.807) is 0 Å². The molecular formula is C61H114O6S3Sn. The van der Waals surface area contributed by atoms with Crippen molar-refractivity contribution in [2.75, 3.05) is 37.1 Å². The van der Waals surface area contributed by atoms with Gasteiger partial charge >= 0.3 is 264 Å². The molecule has 0 heterocycles. The molecule has 0 radical (unpaired) electrons. The van der Waals surface area contributed by atoms with Gasteiger partial charge in [0, 0.05) is 0 Å². The van der Waals surface area contributed by atoms with Gasteiger partial charge in [0.1, 0.15) is 0 Å². The van der Waals surface area contributed by atoms with Gasteiger partial charge in [0.25, 0.3) is 0 Å². The zero-order valence-electron chi connectivity index (χ0n) is 47.1. The third-order valence-electron chi connectivity index (χ3n) is 13.1. The quantitative estimate of drug-likeness (QED) is 0.0195. The molecule has 0 bridgehead atoms. The Balaban J connectivity index is 4.44. The summed E-state index contributed by atoms with van der Waals surface area (Å²) in [6.07, 6.45) is 64.1. The zero-order valence-corrected chi connectivity index (χ0v) is 52.4. The first kappa shape index (κ1) is 70.5. The Morgan fingerprint density at radius 3 is 0.732 bits per heavy atom. The SMILES string of the molecule is CCCCCCCCC=CCCCCCCCC(=O)OCC[S][Sn]([CH3])([S]CCOC(=O)CCCCCCCC=CCCCCCCCC)[S]CCOC(=O)CCCCCCCC=CCCCCCCCC. The van der Waals surface area contributed by atoms with Crippen molar-refractivity contribution in [3.8, 4) is 0 Å². The van der Waals surface area contributed by atoms with E-state index in [0.29, 0.717) is 39.1 Å². The van der Waals surface area contributed by atoms with E-state index >= 15 is 0 Å². The molecule has 0 saturated heterocycles. The fourth-order valence-corrected chi connectivity index (χ4v) is 39.3. The van der Waals surface area contributed by atoms with Crippen LogP contribution in [-0.2, 0) is 28.6 Å². The van der Waals surface area contributed by atoms with Gasteiger partial charge in [0.15, 0.2) is 0 Å². The summed E-state index contributed by atoms with van der Waals surface area (Å²) in [7, 11) is 5.88. The van der Waals surface area contributed by atoms with E-state index in [-0.39, 0.29) is 17.9 Å². The topological polar surface area (TPSA) is 78.9 Å². The van der Waals surface area contributed by atoms with Crippen molar-refractivity contribution >= 4 is 59.0 Å². The summed E-state index contributed by atoms with van der Waals surface area (Å²) in [6, 6.07) is 0. The first-order chi connectivity index (χ1) is 34.9. The molecule has 0 rings (SSSR count). The number of esters is 3. The second-order valence-corrected chi connectivity index (χ2v) is 56.1. The fourth-order valence-electron chi connectivity index (χ4n) is 8.51. The van der Waals surface area contributed by atoms with Crippen molar-refractivity contribution in [1.29, 1.82) is 0 Å². The van der Waals surface area contributed by atoms with Crippen LogP contribution in [0.1, 0.15) is 290 Å². The van der Waals surface area contributed by atoms with Crippen LogP contribution in [0.3, 0.4) is 0 Å². The minimum Gasteiger partial charge on any atom is -0.0885 e. The Hall–Kier alpha value is -0.521. The smallest absolute Gasteiger partial charge is 0.0885 e. The number of carbonyl (C=O) groups excluding carboxylic acids is 3. The molecule has 10 heteroatoms. The van der Waals surface area contributed by atoms with Gasteiger partial charge in [-0.25, -0.2) is 0 Å².